The summed E-state index contributed by atoms with van der Waals surface area (Å²) in [7, 11) is 0. The predicted molar refractivity (Wildman–Crippen MR) is 154 cm³/mol. The second kappa shape index (κ2) is 14.8. The number of aromatic nitrogens is 3. The third-order valence-corrected chi connectivity index (χ3v) is 7.06. The zero-order valence-corrected chi connectivity index (χ0v) is 23.2. The van der Waals surface area contributed by atoms with Crippen molar-refractivity contribution >= 4 is 23.1 Å². The maximum atomic E-state index is 12.8. The number of aryl methyl sites for hydroxylation is 2. The van der Waals surface area contributed by atoms with E-state index in [-0.39, 0.29) is 11.7 Å². The van der Waals surface area contributed by atoms with E-state index in [1.165, 1.54) is 11.3 Å². The number of ether oxygens (including phenoxy) is 2. The van der Waals surface area contributed by atoms with E-state index in [1.54, 1.807) is 36.8 Å². The average molecular weight is 563 g/mol. The Balaban J connectivity index is 1.16. The molecule has 2 heterocycles. The first-order chi connectivity index (χ1) is 19.5. The fraction of sp³-hybridized carbons (Fsp3) is 0.310. The molecule has 0 aliphatic heterocycles. The van der Waals surface area contributed by atoms with Gasteiger partial charge < -0.3 is 19.4 Å². The highest BCUT2D eigenvalue weighted by Gasteiger charge is 2.18. The van der Waals surface area contributed by atoms with Crippen LogP contribution in [0.25, 0.3) is 11.3 Å². The van der Waals surface area contributed by atoms with E-state index >= 15 is 0 Å². The highest BCUT2D eigenvalue weighted by atomic mass is 32.1. The summed E-state index contributed by atoms with van der Waals surface area (Å²) in [5, 5.41) is 20.2. The average Bonchev–Trinajstić information content (AvgIpc) is 3.65. The first-order valence-electron chi connectivity index (χ1n) is 13.2. The maximum Gasteiger partial charge on any atom is 0.263 e. The Hall–Kier alpha value is -4.22. The number of rotatable bonds is 15. The Morgan fingerprint density at radius 1 is 1.00 bits per heavy atom. The van der Waals surface area contributed by atoms with Gasteiger partial charge in [-0.1, -0.05) is 0 Å². The van der Waals surface area contributed by atoms with E-state index in [0.717, 1.165) is 54.3 Å². The minimum atomic E-state index is -0.105. The smallest absolute Gasteiger partial charge is 0.263 e. The van der Waals surface area contributed by atoms with Gasteiger partial charge in [0.1, 0.15) is 22.2 Å². The molecule has 0 fully saturated rings. The third kappa shape index (κ3) is 8.39. The standard InChI is InChI=1S/C29H34N6O4S/c1-21-33-26(27(40-21)29(36)32-14-5-16-35-17-15-31-20-35)22-6-10-24(11-7-22)38-18-3-2-4-19-39-25-12-8-23(9-13-25)28(30)34-37/h6-13,15,17,20,37H,2-5,14,16,18-19H2,1H3,(H2,30,34)(H,32,36). The van der Waals surface area contributed by atoms with Crippen molar-refractivity contribution in [3.05, 3.63) is 82.7 Å². The highest BCUT2D eigenvalue weighted by Crippen LogP contribution is 2.29. The van der Waals surface area contributed by atoms with Crippen molar-refractivity contribution in [3.8, 4) is 22.8 Å². The van der Waals surface area contributed by atoms with Crippen LogP contribution in [0.15, 0.2) is 67.3 Å². The zero-order chi connectivity index (χ0) is 28.2. The Morgan fingerprint density at radius 2 is 1.68 bits per heavy atom. The number of carbonyl (C=O) groups is 1. The van der Waals surface area contributed by atoms with Crippen molar-refractivity contribution in [1.29, 1.82) is 5.41 Å². The fourth-order valence-electron chi connectivity index (χ4n) is 3.99. The quantitative estimate of drug-likeness (QED) is 0.0688. The van der Waals surface area contributed by atoms with Crippen LogP contribution in [0.1, 0.15) is 45.9 Å². The second-order valence-corrected chi connectivity index (χ2v) is 10.3. The molecule has 0 saturated carbocycles. The van der Waals surface area contributed by atoms with E-state index in [4.69, 9.17) is 20.1 Å². The Bertz CT molecular complexity index is 1350. The van der Waals surface area contributed by atoms with Crippen molar-refractivity contribution in [3.63, 3.8) is 0 Å². The summed E-state index contributed by atoms with van der Waals surface area (Å²) < 4.78 is 13.6. The molecular formula is C29H34N6O4S. The topological polar surface area (TPSA) is 134 Å². The molecule has 1 amide bonds. The largest absolute Gasteiger partial charge is 0.494 e. The lowest BCUT2D eigenvalue weighted by Crippen LogP contribution is -2.24. The van der Waals surface area contributed by atoms with Gasteiger partial charge in [0.05, 0.1) is 30.2 Å². The highest BCUT2D eigenvalue weighted by molar-refractivity contribution is 7.14. The maximum absolute atomic E-state index is 12.8. The van der Waals surface area contributed by atoms with Gasteiger partial charge in [-0.3, -0.25) is 20.9 Å². The van der Waals surface area contributed by atoms with Crippen LogP contribution in [-0.4, -0.2) is 51.2 Å². The predicted octanol–water partition coefficient (Wildman–Crippen LogP) is 5.07. The van der Waals surface area contributed by atoms with Crippen LogP contribution in [-0.2, 0) is 6.54 Å². The molecule has 0 radical (unpaired) electrons. The number of amides is 1. The number of benzene rings is 2. The van der Waals surface area contributed by atoms with Crippen molar-refractivity contribution < 1.29 is 19.5 Å². The summed E-state index contributed by atoms with van der Waals surface area (Å²) in [6, 6.07) is 14.7. The lowest BCUT2D eigenvalue weighted by molar-refractivity contribution is 0.0957. The van der Waals surface area contributed by atoms with Crippen molar-refractivity contribution in [1.82, 2.24) is 25.3 Å². The molecule has 0 atom stereocenters. The minimum absolute atomic E-state index is 0.0550. The van der Waals surface area contributed by atoms with Gasteiger partial charge in [-0.25, -0.2) is 9.97 Å². The monoisotopic (exact) mass is 562 g/mol. The first kappa shape index (κ1) is 28.8. The molecule has 0 spiro atoms. The molecule has 4 N–H and O–H groups in total. The number of amidine groups is 1. The van der Waals surface area contributed by atoms with E-state index in [1.807, 2.05) is 47.4 Å². The summed E-state index contributed by atoms with van der Waals surface area (Å²) in [6.45, 7) is 4.49. The molecule has 0 aliphatic rings. The molecule has 10 nitrogen and oxygen atoms in total. The van der Waals surface area contributed by atoms with Gasteiger partial charge in [0, 0.05) is 36.6 Å². The number of nitrogens with zero attached hydrogens (tertiary/aromatic N) is 3. The summed E-state index contributed by atoms with van der Waals surface area (Å²) in [4.78, 5) is 22.1. The number of thiazole rings is 1. The number of unbranched alkanes of at least 4 members (excludes halogenated alkanes) is 2. The van der Waals surface area contributed by atoms with Gasteiger partial charge in [-0.05, 0) is 81.1 Å². The van der Waals surface area contributed by atoms with Crippen molar-refractivity contribution in [2.45, 2.75) is 39.2 Å². The molecule has 11 heteroatoms. The van der Waals surface area contributed by atoms with Crippen molar-refractivity contribution in [2.75, 3.05) is 19.8 Å². The number of imidazole rings is 1. The number of hydroxylamine groups is 1. The van der Waals surface area contributed by atoms with E-state index < -0.39 is 0 Å². The number of hydrogen-bond acceptors (Lipinski definition) is 8. The molecular weight excluding hydrogens is 528 g/mol. The molecule has 2 aromatic carbocycles. The van der Waals surface area contributed by atoms with Gasteiger partial charge in [-0.2, -0.15) is 0 Å². The molecule has 2 aromatic heterocycles. The number of nitrogens with one attached hydrogen (secondary N) is 3. The molecule has 0 aliphatic carbocycles. The van der Waals surface area contributed by atoms with E-state index in [0.29, 0.717) is 35.9 Å². The summed E-state index contributed by atoms with van der Waals surface area (Å²) in [5.74, 6) is 1.35. The van der Waals surface area contributed by atoms with Crippen molar-refractivity contribution in [2.24, 2.45) is 0 Å². The second-order valence-electron chi connectivity index (χ2n) is 9.11. The van der Waals surface area contributed by atoms with Gasteiger partial charge in [0.2, 0.25) is 0 Å². The van der Waals surface area contributed by atoms with Crippen LogP contribution in [0, 0.1) is 12.3 Å². The number of hydrogen-bond donors (Lipinski definition) is 4. The summed E-state index contributed by atoms with van der Waals surface area (Å²) >= 11 is 1.40. The minimum Gasteiger partial charge on any atom is -0.494 e. The van der Waals surface area contributed by atoms with Gasteiger partial charge in [-0.15, -0.1) is 11.3 Å². The molecule has 4 aromatic rings. The molecule has 4 rings (SSSR count). The van der Waals surface area contributed by atoms with E-state index in [9.17, 15) is 4.79 Å². The lowest BCUT2D eigenvalue weighted by atomic mass is 10.1. The normalized spacial score (nSPS) is 10.8. The van der Waals surface area contributed by atoms with Crippen LogP contribution >= 0.6 is 11.3 Å². The Morgan fingerprint density at radius 3 is 2.30 bits per heavy atom. The Kier molecular flexibility index (Phi) is 10.6. The fourth-order valence-corrected chi connectivity index (χ4v) is 4.85. The summed E-state index contributed by atoms with van der Waals surface area (Å²) in [6.07, 6.45) is 9.01. The SMILES string of the molecule is Cc1nc(-c2ccc(OCCCCCOc3ccc(C(=N)NO)cc3)cc2)c(C(=O)NCCCn2ccnc2)s1. The van der Waals surface area contributed by atoms with Crippen LogP contribution < -0.4 is 20.3 Å². The molecule has 40 heavy (non-hydrogen) atoms. The zero-order valence-electron chi connectivity index (χ0n) is 22.4. The van der Waals surface area contributed by atoms with Crippen LogP contribution in [0.2, 0.25) is 0 Å². The van der Waals surface area contributed by atoms with Gasteiger partial charge >= 0.3 is 0 Å². The number of carbonyl (C=O) groups excluding carboxylic acids is 1. The Labute approximate surface area is 237 Å². The summed E-state index contributed by atoms with van der Waals surface area (Å²) in [5.41, 5.74) is 3.99. The van der Waals surface area contributed by atoms with Gasteiger partial charge in [0.15, 0.2) is 0 Å². The van der Waals surface area contributed by atoms with Crippen LogP contribution in [0.3, 0.4) is 0 Å². The molecule has 0 bridgehead atoms. The third-order valence-electron chi connectivity index (χ3n) is 6.09. The molecule has 0 unspecified atom stereocenters. The first-order valence-corrected chi connectivity index (χ1v) is 14.0. The van der Waals surface area contributed by atoms with E-state index in [2.05, 4.69) is 15.3 Å². The van der Waals surface area contributed by atoms with Crippen LogP contribution in [0.5, 0.6) is 11.5 Å². The van der Waals surface area contributed by atoms with Gasteiger partial charge in [0.25, 0.3) is 5.91 Å². The molecule has 0 saturated heterocycles. The molecule has 210 valence electrons. The van der Waals surface area contributed by atoms with Crippen LogP contribution in [0.4, 0.5) is 0 Å². The lowest BCUT2D eigenvalue weighted by Gasteiger charge is -2.09.